The van der Waals surface area contributed by atoms with Crippen LogP contribution in [-0.4, -0.2) is 29.4 Å². The fourth-order valence-electron chi connectivity index (χ4n) is 3.71. The van der Waals surface area contributed by atoms with Gasteiger partial charge in [0.2, 0.25) is 12.2 Å². The smallest absolute Gasteiger partial charge is 0.220 e. The third-order valence-electron chi connectivity index (χ3n) is 5.27. The molecule has 0 saturated heterocycles. The molecule has 4 heteroatoms. The Morgan fingerprint density at radius 2 is 1.80 bits per heavy atom. The quantitative estimate of drug-likeness (QED) is 0.659. The number of carbonyl (C=O) groups excluding carboxylic acids is 2. The molecule has 1 saturated carbocycles. The van der Waals surface area contributed by atoms with E-state index in [1.165, 1.54) is 32.1 Å². The van der Waals surface area contributed by atoms with Gasteiger partial charge in [-0.2, -0.15) is 0 Å². The Labute approximate surface area is 154 Å². The molecule has 1 radical (unpaired) electrons. The van der Waals surface area contributed by atoms with E-state index in [9.17, 15) is 14.7 Å². The second-order valence-corrected chi connectivity index (χ2v) is 9.42. The number of nitrogens with one attached hydrogen (secondary N) is 1. The lowest BCUT2D eigenvalue weighted by Crippen LogP contribution is -2.46. The summed E-state index contributed by atoms with van der Waals surface area (Å²) in [7, 11) is 0. The summed E-state index contributed by atoms with van der Waals surface area (Å²) in [5, 5.41) is 13.8. The Bertz CT molecular complexity index is 408. The van der Waals surface area contributed by atoms with Gasteiger partial charge in [-0.15, -0.1) is 0 Å². The fourth-order valence-corrected chi connectivity index (χ4v) is 3.71. The summed E-state index contributed by atoms with van der Waals surface area (Å²) in [5.41, 5.74) is -0.0819. The zero-order chi connectivity index (χ0) is 19.0. The third kappa shape index (κ3) is 8.84. The average molecular weight is 353 g/mol. The summed E-state index contributed by atoms with van der Waals surface area (Å²) in [6.45, 7) is 10.0. The van der Waals surface area contributed by atoms with Crippen LogP contribution in [0, 0.1) is 23.2 Å². The zero-order valence-corrected chi connectivity index (χ0v) is 16.8. The standard InChI is InChI=1S/C21H38NO3/c1-15(2)17(14-23)12-19(24)18(11-16-9-7-6-8-10-16)22-20(25)13-21(3,4)5/h15-19,24H,6-13H2,1-5H3,(H,22,25)/t17-,18+,19+/m1/s1. The minimum Gasteiger partial charge on any atom is -0.391 e. The van der Waals surface area contributed by atoms with Crippen molar-refractivity contribution in [3.05, 3.63) is 0 Å². The molecular formula is C21H38NO3. The molecule has 4 nitrogen and oxygen atoms in total. The maximum Gasteiger partial charge on any atom is 0.220 e. The average Bonchev–Trinajstić information content (AvgIpc) is 2.50. The molecule has 0 bridgehead atoms. The Morgan fingerprint density at radius 3 is 2.28 bits per heavy atom. The largest absolute Gasteiger partial charge is 0.391 e. The predicted molar refractivity (Wildman–Crippen MR) is 102 cm³/mol. The van der Waals surface area contributed by atoms with E-state index in [1.54, 1.807) is 0 Å². The molecule has 0 spiro atoms. The number of amides is 1. The van der Waals surface area contributed by atoms with Crippen LogP contribution in [0.25, 0.3) is 0 Å². The summed E-state index contributed by atoms with van der Waals surface area (Å²) in [5.74, 6) is 0.403. The van der Waals surface area contributed by atoms with Crippen molar-refractivity contribution in [3.63, 3.8) is 0 Å². The van der Waals surface area contributed by atoms with Gasteiger partial charge in [0, 0.05) is 12.3 Å². The van der Waals surface area contributed by atoms with Crippen LogP contribution in [-0.2, 0) is 9.59 Å². The Hall–Kier alpha value is -0.900. The van der Waals surface area contributed by atoms with Crippen LogP contribution in [0.1, 0.15) is 86.0 Å². The second-order valence-electron chi connectivity index (χ2n) is 9.42. The highest BCUT2D eigenvalue weighted by atomic mass is 16.3. The number of hydrogen-bond acceptors (Lipinski definition) is 3. The number of hydrogen-bond donors (Lipinski definition) is 2. The molecule has 0 aliphatic heterocycles. The van der Waals surface area contributed by atoms with Gasteiger partial charge in [0.05, 0.1) is 12.1 Å². The number of aliphatic hydroxyl groups is 1. The van der Waals surface area contributed by atoms with Gasteiger partial charge < -0.3 is 10.4 Å². The van der Waals surface area contributed by atoms with E-state index < -0.39 is 6.10 Å². The monoisotopic (exact) mass is 352 g/mol. The second kappa shape index (κ2) is 10.3. The Balaban J connectivity index is 2.74. The fraction of sp³-hybridized carbons (Fsp3) is 0.905. The summed E-state index contributed by atoms with van der Waals surface area (Å²) < 4.78 is 0. The molecular weight excluding hydrogens is 314 g/mol. The number of rotatable bonds is 9. The molecule has 1 amide bonds. The van der Waals surface area contributed by atoms with Crippen molar-refractivity contribution < 1.29 is 14.7 Å². The molecule has 1 fully saturated rings. The van der Waals surface area contributed by atoms with Crippen LogP contribution in [0.4, 0.5) is 0 Å². The first kappa shape index (κ1) is 22.1. The molecule has 25 heavy (non-hydrogen) atoms. The van der Waals surface area contributed by atoms with Crippen LogP contribution in [0.15, 0.2) is 0 Å². The van der Waals surface area contributed by atoms with Crippen molar-refractivity contribution in [1.29, 1.82) is 0 Å². The lowest BCUT2D eigenvalue weighted by Gasteiger charge is -2.32. The van der Waals surface area contributed by atoms with Crippen LogP contribution >= 0.6 is 0 Å². The SMILES string of the molecule is CC(C)[C@@H]([C]=O)C[C@H](O)[C@H](CC1CCCCC1)NC(=O)CC(C)(C)C. The Kier molecular flexibility index (Phi) is 9.12. The van der Waals surface area contributed by atoms with Crippen LogP contribution in [0.5, 0.6) is 0 Å². The van der Waals surface area contributed by atoms with Crippen molar-refractivity contribution >= 4 is 12.2 Å². The highest BCUT2D eigenvalue weighted by Gasteiger charge is 2.30. The number of aliphatic hydroxyl groups excluding tert-OH is 1. The first-order valence-electron chi connectivity index (χ1n) is 9.97. The van der Waals surface area contributed by atoms with Gasteiger partial charge >= 0.3 is 0 Å². The minimum absolute atomic E-state index is 0.0106. The third-order valence-corrected chi connectivity index (χ3v) is 5.27. The topological polar surface area (TPSA) is 66.4 Å². The summed E-state index contributed by atoms with van der Waals surface area (Å²) >= 11 is 0. The lowest BCUT2D eigenvalue weighted by atomic mass is 9.81. The molecule has 0 aromatic carbocycles. The van der Waals surface area contributed by atoms with Gasteiger partial charge in [0.15, 0.2) is 0 Å². The molecule has 0 aromatic rings. The van der Waals surface area contributed by atoms with E-state index in [0.717, 1.165) is 6.42 Å². The molecule has 0 aromatic heterocycles. The first-order valence-corrected chi connectivity index (χ1v) is 9.97. The first-order chi connectivity index (χ1) is 11.6. The minimum atomic E-state index is -0.695. The highest BCUT2D eigenvalue weighted by Crippen LogP contribution is 2.29. The summed E-state index contributed by atoms with van der Waals surface area (Å²) in [6.07, 6.45) is 9.08. The van der Waals surface area contributed by atoms with Crippen molar-refractivity contribution in [1.82, 2.24) is 5.32 Å². The van der Waals surface area contributed by atoms with E-state index in [2.05, 4.69) is 11.6 Å². The van der Waals surface area contributed by atoms with Crippen LogP contribution in [0.3, 0.4) is 0 Å². The van der Waals surface area contributed by atoms with E-state index in [1.807, 2.05) is 34.6 Å². The maximum atomic E-state index is 12.4. The molecule has 1 aliphatic rings. The van der Waals surface area contributed by atoms with Gasteiger partial charge in [0.1, 0.15) is 0 Å². The van der Waals surface area contributed by atoms with Crippen LogP contribution in [0.2, 0.25) is 0 Å². The van der Waals surface area contributed by atoms with E-state index in [-0.39, 0.29) is 29.2 Å². The molecule has 3 atom stereocenters. The van der Waals surface area contributed by atoms with E-state index in [4.69, 9.17) is 0 Å². The van der Waals surface area contributed by atoms with Crippen LogP contribution < -0.4 is 5.32 Å². The summed E-state index contributed by atoms with van der Waals surface area (Å²) in [4.78, 5) is 23.6. The van der Waals surface area contributed by atoms with Crippen molar-refractivity contribution in [3.8, 4) is 0 Å². The Morgan fingerprint density at radius 1 is 1.20 bits per heavy atom. The summed E-state index contributed by atoms with van der Waals surface area (Å²) in [6, 6.07) is -0.271. The molecule has 1 rings (SSSR count). The number of carbonyl (C=O) groups is 1. The molecule has 0 heterocycles. The molecule has 145 valence electrons. The van der Waals surface area contributed by atoms with E-state index in [0.29, 0.717) is 18.8 Å². The van der Waals surface area contributed by atoms with Gasteiger partial charge in [-0.05, 0) is 30.1 Å². The normalized spacial score (nSPS) is 20.1. The van der Waals surface area contributed by atoms with Gasteiger partial charge in [-0.25, -0.2) is 0 Å². The maximum absolute atomic E-state index is 12.4. The van der Waals surface area contributed by atoms with E-state index >= 15 is 0 Å². The van der Waals surface area contributed by atoms with Gasteiger partial charge in [0.25, 0.3) is 0 Å². The predicted octanol–water partition coefficient (Wildman–Crippen LogP) is 4.01. The van der Waals surface area contributed by atoms with Crippen molar-refractivity contribution in [2.24, 2.45) is 23.2 Å². The zero-order valence-electron chi connectivity index (χ0n) is 16.8. The highest BCUT2D eigenvalue weighted by molar-refractivity contribution is 5.77. The van der Waals surface area contributed by atoms with Crippen molar-refractivity contribution in [2.45, 2.75) is 98.1 Å². The molecule has 1 aliphatic carbocycles. The lowest BCUT2D eigenvalue weighted by molar-refractivity contribution is -0.124. The van der Waals surface area contributed by atoms with Gasteiger partial charge in [-0.1, -0.05) is 66.7 Å². The molecule has 2 N–H and O–H groups in total. The van der Waals surface area contributed by atoms with Gasteiger partial charge in [-0.3, -0.25) is 9.59 Å². The molecule has 0 unspecified atom stereocenters. The van der Waals surface area contributed by atoms with Crippen molar-refractivity contribution in [2.75, 3.05) is 0 Å².